The van der Waals surface area contributed by atoms with Crippen LogP contribution >= 0.6 is 11.6 Å². The van der Waals surface area contributed by atoms with Crippen LogP contribution < -0.4 is 4.74 Å². The Balaban J connectivity index is 1.70. The molecule has 2 saturated heterocycles. The third-order valence-electron chi connectivity index (χ3n) is 4.42. The van der Waals surface area contributed by atoms with Gasteiger partial charge in [0.05, 0.1) is 10.6 Å². The number of fused-ring (bicyclic) bond motifs is 2. The Hall–Kier alpha value is -1.24. The van der Waals surface area contributed by atoms with E-state index in [2.05, 4.69) is 18.0 Å². The third kappa shape index (κ3) is 2.43. The van der Waals surface area contributed by atoms with Crippen molar-refractivity contribution in [1.82, 2.24) is 4.90 Å². The SMILES string of the molecule is CN1[C@@H]2CC[C@H]1CC(Oc1ccc(C#N)c(Cl)c1)C2. The molecule has 4 heteroatoms. The van der Waals surface area contributed by atoms with Crippen LogP contribution in [0.5, 0.6) is 5.75 Å². The van der Waals surface area contributed by atoms with E-state index in [-0.39, 0.29) is 6.10 Å². The van der Waals surface area contributed by atoms with E-state index in [9.17, 15) is 0 Å². The molecule has 2 heterocycles. The average molecular weight is 277 g/mol. The maximum Gasteiger partial charge on any atom is 0.121 e. The molecule has 1 aromatic rings. The quantitative estimate of drug-likeness (QED) is 0.832. The maximum atomic E-state index is 8.86. The maximum absolute atomic E-state index is 8.86. The topological polar surface area (TPSA) is 36.3 Å². The minimum atomic E-state index is 0.276. The van der Waals surface area contributed by atoms with Gasteiger partial charge in [0, 0.05) is 18.2 Å². The van der Waals surface area contributed by atoms with Crippen LogP contribution in [0.25, 0.3) is 0 Å². The summed E-state index contributed by atoms with van der Waals surface area (Å²) < 4.78 is 6.04. The summed E-state index contributed by atoms with van der Waals surface area (Å²) in [6.45, 7) is 0. The van der Waals surface area contributed by atoms with E-state index in [0.29, 0.717) is 22.7 Å². The Labute approximate surface area is 118 Å². The first kappa shape index (κ1) is 12.8. The van der Waals surface area contributed by atoms with E-state index in [0.717, 1.165) is 18.6 Å². The van der Waals surface area contributed by atoms with Crippen LogP contribution in [0.2, 0.25) is 5.02 Å². The number of piperidine rings is 1. The lowest BCUT2D eigenvalue weighted by atomic mass is 10.0. The molecule has 0 N–H and O–H groups in total. The molecule has 3 nitrogen and oxygen atoms in total. The van der Waals surface area contributed by atoms with Gasteiger partial charge in [-0.05, 0) is 44.9 Å². The van der Waals surface area contributed by atoms with E-state index < -0.39 is 0 Å². The van der Waals surface area contributed by atoms with Crippen molar-refractivity contribution in [2.24, 2.45) is 0 Å². The minimum Gasteiger partial charge on any atom is -0.490 e. The van der Waals surface area contributed by atoms with Gasteiger partial charge in [-0.15, -0.1) is 0 Å². The monoisotopic (exact) mass is 276 g/mol. The van der Waals surface area contributed by atoms with Crippen molar-refractivity contribution in [3.63, 3.8) is 0 Å². The first-order valence-corrected chi connectivity index (χ1v) is 7.13. The molecule has 2 fully saturated rings. The molecule has 3 rings (SSSR count). The number of nitrogens with zero attached hydrogens (tertiary/aromatic N) is 2. The molecule has 2 aliphatic heterocycles. The fourth-order valence-electron chi connectivity index (χ4n) is 3.31. The molecule has 19 heavy (non-hydrogen) atoms. The third-order valence-corrected chi connectivity index (χ3v) is 4.73. The summed E-state index contributed by atoms with van der Waals surface area (Å²) in [6, 6.07) is 8.70. The highest BCUT2D eigenvalue weighted by molar-refractivity contribution is 6.31. The van der Waals surface area contributed by atoms with Gasteiger partial charge < -0.3 is 9.64 Å². The van der Waals surface area contributed by atoms with Crippen LogP contribution in [0, 0.1) is 11.3 Å². The van der Waals surface area contributed by atoms with Crippen molar-refractivity contribution in [2.45, 2.75) is 43.9 Å². The van der Waals surface area contributed by atoms with Crippen LogP contribution in [0.4, 0.5) is 0 Å². The molecule has 0 amide bonds. The van der Waals surface area contributed by atoms with Crippen molar-refractivity contribution in [1.29, 1.82) is 5.26 Å². The normalized spacial score (nSPS) is 30.1. The van der Waals surface area contributed by atoms with Crippen molar-refractivity contribution in [3.05, 3.63) is 28.8 Å². The number of hydrogen-bond acceptors (Lipinski definition) is 3. The lowest BCUT2D eigenvalue weighted by molar-refractivity contribution is 0.0662. The predicted molar refractivity (Wildman–Crippen MR) is 74.4 cm³/mol. The Morgan fingerprint density at radius 3 is 2.58 bits per heavy atom. The number of ether oxygens (including phenoxy) is 1. The summed E-state index contributed by atoms with van der Waals surface area (Å²) >= 11 is 6.03. The van der Waals surface area contributed by atoms with Gasteiger partial charge in [0.15, 0.2) is 0 Å². The zero-order valence-corrected chi connectivity index (χ0v) is 11.7. The van der Waals surface area contributed by atoms with Crippen molar-refractivity contribution >= 4 is 11.6 Å². The molecule has 2 bridgehead atoms. The molecule has 3 atom stereocenters. The Bertz CT molecular complexity index is 511. The van der Waals surface area contributed by atoms with Gasteiger partial charge in [-0.3, -0.25) is 0 Å². The number of halogens is 1. The second-order valence-electron chi connectivity index (χ2n) is 5.52. The molecule has 0 aromatic heterocycles. The smallest absolute Gasteiger partial charge is 0.121 e. The van der Waals surface area contributed by atoms with Crippen LogP contribution in [-0.4, -0.2) is 30.1 Å². The first-order chi connectivity index (χ1) is 9.17. The predicted octanol–water partition coefficient (Wildman–Crippen LogP) is 3.22. The highest BCUT2D eigenvalue weighted by Crippen LogP contribution is 2.36. The van der Waals surface area contributed by atoms with Gasteiger partial charge in [-0.25, -0.2) is 0 Å². The number of benzene rings is 1. The van der Waals surface area contributed by atoms with Crippen LogP contribution in [0.3, 0.4) is 0 Å². The summed E-state index contributed by atoms with van der Waals surface area (Å²) in [6.07, 6.45) is 5.03. The number of hydrogen-bond donors (Lipinski definition) is 0. The first-order valence-electron chi connectivity index (χ1n) is 6.75. The van der Waals surface area contributed by atoms with Crippen molar-refractivity contribution in [3.8, 4) is 11.8 Å². The molecule has 2 aliphatic rings. The molecule has 100 valence electrons. The van der Waals surface area contributed by atoms with Crippen LogP contribution in [0.1, 0.15) is 31.2 Å². The van der Waals surface area contributed by atoms with Gasteiger partial charge in [-0.2, -0.15) is 5.26 Å². The van der Waals surface area contributed by atoms with E-state index in [1.165, 1.54) is 12.8 Å². The highest BCUT2D eigenvalue weighted by Gasteiger charge is 2.39. The van der Waals surface area contributed by atoms with E-state index >= 15 is 0 Å². The fourth-order valence-corrected chi connectivity index (χ4v) is 3.52. The fraction of sp³-hybridized carbons (Fsp3) is 0.533. The van der Waals surface area contributed by atoms with E-state index in [1.807, 2.05) is 6.07 Å². The molecule has 1 aromatic carbocycles. The summed E-state index contributed by atoms with van der Waals surface area (Å²) in [5.74, 6) is 0.776. The lowest BCUT2D eigenvalue weighted by Gasteiger charge is -2.36. The second kappa shape index (κ2) is 5.03. The van der Waals surface area contributed by atoms with Crippen LogP contribution in [0.15, 0.2) is 18.2 Å². The van der Waals surface area contributed by atoms with Gasteiger partial charge in [-0.1, -0.05) is 11.6 Å². The second-order valence-corrected chi connectivity index (χ2v) is 5.92. The summed E-state index contributed by atoms with van der Waals surface area (Å²) in [7, 11) is 2.22. The van der Waals surface area contributed by atoms with Gasteiger partial charge in [0.25, 0.3) is 0 Å². The number of nitriles is 1. The molecule has 0 radical (unpaired) electrons. The Morgan fingerprint density at radius 2 is 2.00 bits per heavy atom. The highest BCUT2D eigenvalue weighted by atomic mass is 35.5. The van der Waals surface area contributed by atoms with Gasteiger partial charge in [0.2, 0.25) is 0 Å². The van der Waals surface area contributed by atoms with Crippen molar-refractivity contribution in [2.75, 3.05) is 7.05 Å². The summed E-state index contributed by atoms with van der Waals surface area (Å²) in [4.78, 5) is 2.49. The standard InChI is InChI=1S/C15H17ClN2O/c1-18-11-3-4-12(18)7-14(6-11)19-13-5-2-10(9-17)15(16)8-13/h2,5,8,11-12,14H,3-4,6-7H2,1H3/t11-,12+,14?. The molecule has 0 saturated carbocycles. The lowest BCUT2D eigenvalue weighted by Crippen LogP contribution is -2.43. The van der Waals surface area contributed by atoms with Crippen LogP contribution in [-0.2, 0) is 0 Å². The molecule has 0 aliphatic carbocycles. The zero-order valence-electron chi connectivity index (χ0n) is 11.0. The molecule has 0 spiro atoms. The van der Waals surface area contributed by atoms with Crippen molar-refractivity contribution < 1.29 is 4.74 Å². The minimum absolute atomic E-state index is 0.276. The molecular weight excluding hydrogens is 260 g/mol. The van der Waals surface area contributed by atoms with E-state index in [1.54, 1.807) is 12.1 Å². The summed E-state index contributed by atoms with van der Waals surface area (Å²) in [5.41, 5.74) is 0.498. The largest absolute Gasteiger partial charge is 0.490 e. The van der Waals surface area contributed by atoms with Gasteiger partial charge >= 0.3 is 0 Å². The molecule has 1 unspecified atom stereocenters. The molecular formula is C15H17ClN2O. The van der Waals surface area contributed by atoms with E-state index in [4.69, 9.17) is 21.6 Å². The average Bonchev–Trinajstić information content (AvgIpc) is 2.63. The number of rotatable bonds is 2. The Kier molecular flexibility index (Phi) is 3.38. The Morgan fingerprint density at radius 1 is 1.32 bits per heavy atom. The summed E-state index contributed by atoms with van der Waals surface area (Å²) in [5, 5.41) is 9.33. The van der Waals surface area contributed by atoms with Gasteiger partial charge in [0.1, 0.15) is 17.9 Å². The zero-order chi connectivity index (χ0) is 13.4.